The van der Waals surface area contributed by atoms with Crippen molar-refractivity contribution in [2.45, 2.75) is 57.3 Å². The smallest absolute Gasteiger partial charge is 0.326 e. The number of aliphatic hydroxyl groups is 1. The highest BCUT2D eigenvalue weighted by atomic mass is 16.4. The first kappa shape index (κ1) is 28.5. The summed E-state index contributed by atoms with van der Waals surface area (Å²) < 4.78 is 0. The van der Waals surface area contributed by atoms with Crippen LogP contribution in [0.3, 0.4) is 0 Å². The molecule has 12 nitrogen and oxygen atoms in total. The topological polar surface area (TPSA) is 214 Å². The Kier molecular flexibility index (Phi) is 11.7. The molecule has 4 atom stereocenters. The van der Waals surface area contributed by atoms with Crippen molar-refractivity contribution in [3.63, 3.8) is 0 Å². The molecule has 188 valence electrons. The third-order valence-electron chi connectivity index (χ3n) is 4.81. The van der Waals surface area contributed by atoms with E-state index in [1.807, 2.05) is 0 Å². The van der Waals surface area contributed by atoms with E-state index in [0.717, 1.165) is 0 Å². The minimum atomic E-state index is -1.44. The van der Waals surface area contributed by atoms with Gasteiger partial charge >= 0.3 is 5.97 Å². The number of hydrogen-bond acceptors (Lipinski definition) is 7. The van der Waals surface area contributed by atoms with Crippen molar-refractivity contribution >= 4 is 29.6 Å². The molecule has 4 amide bonds. The van der Waals surface area contributed by atoms with Crippen molar-refractivity contribution in [1.82, 2.24) is 16.0 Å². The van der Waals surface area contributed by atoms with Gasteiger partial charge in [0.25, 0.3) is 0 Å². The summed E-state index contributed by atoms with van der Waals surface area (Å²) in [5.41, 5.74) is 11.3. The molecule has 0 aliphatic rings. The number of amides is 4. The van der Waals surface area contributed by atoms with Gasteiger partial charge in [0.1, 0.15) is 24.2 Å². The van der Waals surface area contributed by atoms with Crippen LogP contribution < -0.4 is 27.4 Å². The summed E-state index contributed by atoms with van der Waals surface area (Å²) >= 11 is 0. The van der Waals surface area contributed by atoms with Gasteiger partial charge < -0.3 is 37.6 Å². The number of nitrogens with one attached hydrogen (secondary N) is 3. The highest BCUT2D eigenvalue weighted by molar-refractivity contribution is 5.96. The second-order valence-electron chi connectivity index (χ2n) is 8.30. The molecular weight excluding hydrogens is 446 g/mol. The summed E-state index contributed by atoms with van der Waals surface area (Å²) in [6.45, 7) is 2.91. The summed E-state index contributed by atoms with van der Waals surface area (Å²) in [4.78, 5) is 60.8. The van der Waals surface area contributed by atoms with Crippen LogP contribution in [0.2, 0.25) is 0 Å². The number of primary amides is 1. The molecule has 0 aromatic heterocycles. The van der Waals surface area contributed by atoms with Gasteiger partial charge in [0.2, 0.25) is 23.6 Å². The minimum Gasteiger partial charge on any atom is -0.480 e. The summed E-state index contributed by atoms with van der Waals surface area (Å²) in [6.07, 6.45) is -0.385. The summed E-state index contributed by atoms with van der Waals surface area (Å²) in [5, 5.41) is 25.7. The Bertz CT molecular complexity index is 862. The predicted molar refractivity (Wildman–Crippen MR) is 122 cm³/mol. The average molecular weight is 480 g/mol. The zero-order valence-corrected chi connectivity index (χ0v) is 19.2. The molecule has 0 aliphatic carbocycles. The number of benzene rings is 1. The maximum absolute atomic E-state index is 12.9. The SMILES string of the molecule is CC(C)CC(NC(=O)C(CC(N)=O)NC(=O)C(N)CO)C(=O)NC(Cc1ccccc1)C(=O)O. The molecule has 12 heteroatoms. The molecule has 0 spiro atoms. The van der Waals surface area contributed by atoms with Crippen LogP contribution in [0.1, 0.15) is 32.3 Å². The zero-order chi connectivity index (χ0) is 25.8. The highest BCUT2D eigenvalue weighted by Crippen LogP contribution is 2.09. The van der Waals surface area contributed by atoms with Crippen LogP contribution in [0.5, 0.6) is 0 Å². The van der Waals surface area contributed by atoms with Crippen molar-refractivity contribution in [3.8, 4) is 0 Å². The molecule has 0 saturated heterocycles. The van der Waals surface area contributed by atoms with Gasteiger partial charge in [-0.2, -0.15) is 0 Å². The standard InChI is InChI=1S/C22H33N5O7/c1-12(2)8-15(20(31)27-17(22(33)34)9-13-6-4-3-5-7-13)26-21(32)16(10-18(24)29)25-19(30)14(23)11-28/h3-7,12,14-17,28H,8-11,23H2,1-2H3,(H2,24,29)(H,25,30)(H,26,32)(H,27,31)(H,33,34). The summed E-state index contributed by atoms with van der Waals surface area (Å²) in [5.74, 6) is -4.71. The molecular formula is C22H33N5O7. The molecule has 0 radical (unpaired) electrons. The van der Waals surface area contributed by atoms with Crippen LogP contribution >= 0.6 is 0 Å². The van der Waals surface area contributed by atoms with Gasteiger partial charge in [0, 0.05) is 6.42 Å². The fraction of sp³-hybridized carbons (Fsp3) is 0.500. The van der Waals surface area contributed by atoms with E-state index in [1.165, 1.54) is 0 Å². The predicted octanol–water partition coefficient (Wildman–Crippen LogP) is -1.99. The number of carbonyl (C=O) groups excluding carboxylic acids is 4. The molecule has 0 bridgehead atoms. The van der Waals surface area contributed by atoms with Crippen molar-refractivity contribution in [1.29, 1.82) is 0 Å². The van der Waals surface area contributed by atoms with Crippen LogP contribution in [0.25, 0.3) is 0 Å². The molecule has 0 saturated carbocycles. The quantitative estimate of drug-likeness (QED) is 0.158. The number of aliphatic carboxylic acids is 1. The first-order valence-electron chi connectivity index (χ1n) is 10.8. The van der Waals surface area contributed by atoms with Gasteiger partial charge in [0.15, 0.2) is 0 Å². The molecule has 1 aromatic carbocycles. The lowest BCUT2D eigenvalue weighted by molar-refractivity contribution is -0.142. The van der Waals surface area contributed by atoms with Crippen LogP contribution in [-0.2, 0) is 30.4 Å². The van der Waals surface area contributed by atoms with Crippen molar-refractivity contribution < 1.29 is 34.2 Å². The first-order chi connectivity index (χ1) is 15.9. The molecule has 0 heterocycles. The number of aliphatic hydroxyl groups excluding tert-OH is 1. The normalized spacial score (nSPS) is 14.4. The monoisotopic (exact) mass is 479 g/mol. The lowest BCUT2D eigenvalue weighted by Crippen LogP contribution is -2.58. The maximum Gasteiger partial charge on any atom is 0.326 e. The molecule has 0 fully saturated rings. The molecule has 0 aliphatic heterocycles. The van der Waals surface area contributed by atoms with E-state index in [4.69, 9.17) is 16.6 Å². The van der Waals surface area contributed by atoms with Gasteiger partial charge in [-0.25, -0.2) is 4.79 Å². The minimum absolute atomic E-state index is 0.0314. The second-order valence-corrected chi connectivity index (χ2v) is 8.30. The molecule has 1 rings (SSSR count). The number of rotatable bonds is 14. The number of nitrogens with two attached hydrogens (primary N) is 2. The maximum atomic E-state index is 12.9. The number of hydrogen-bond donors (Lipinski definition) is 7. The Labute approximate surface area is 197 Å². The lowest BCUT2D eigenvalue weighted by atomic mass is 10.0. The summed E-state index contributed by atoms with van der Waals surface area (Å²) in [6, 6.07) is 3.56. The first-order valence-corrected chi connectivity index (χ1v) is 10.8. The van der Waals surface area contributed by atoms with Gasteiger partial charge in [-0.3, -0.25) is 19.2 Å². The fourth-order valence-electron chi connectivity index (χ4n) is 3.07. The number of carbonyl (C=O) groups is 5. The van der Waals surface area contributed by atoms with E-state index in [-0.39, 0.29) is 18.8 Å². The van der Waals surface area contributed by atoms with E-state index < -0.39 is 66.8 Å². The Morgan fingerprint density at radius 3 is 1.91 bits per heavy atom. The van der Waals surface area contributed by atoms with Crippen LogP contribution in [0, 0.1) is 5.92 Å². The number of carboxylic acids is 1. The average Bonchev–Trinajstić information content (AvgIpc) is 2.76. The number of carboxylic acid groups (broad SMARTS) is 1. The van der Waals surface area contributed by atoms with Gasteiger partial charge in [-0.1, -0.05) is 44.2 Å². The Morgan fingerprint density at radius 2 is 1.41 bits per heavy atom. The van der Waals surface area contributed by atoms with Gasteiger partial charge in [0.05, 0.1) is 13.0 Å². The van der Waals surface area contributed by atoms with Crippen LogP contribution in [0.4, 0.5) is 0 Å². The Morgan fingerprint density at radius 1 is 0.882 bits per heavy atom. The zero-order valence-electron chi connectivity index (χ0n) is 19.2. The van der Waals surface area contributed by atoms with Crippen molar-refractivity contribution in [3.05, 3.63) is 35.9 Å². The molecule has 1 aromatic rings. The van der Waals surface area contributed by atoms with Crippen molar-refractivity contribution in [2.24, 2.45) is 17.4 Å². The van der Waals surface area contributed by atoms with E-state index in [0.29, 0.717) is 5.56 Å². The third kappa shape index (κ3) is 9.96. The molecule has 4 unspecified atom stereocenters. The van der Waals surface area contributed by atoms with E-state index in [9.17, 15) is 29.1 Å². The van der Waals surface area contributed by atoms with E-state index >= 15 is 0 Å². The van der Waals surface area contributed by atoms with Gasteiger partial charge in [-0.05, 0) is 17.9 Å². The summed E-state index contributed by atoms with van der Waals surface area (Å²) in [7, 11) is 0. The van der Waals surface area contributed by atoms with Crippen LogP contribution in [0.15, 0.2) is 30.3 Å². The van der Waals surface area contributed by atoms with Gasteiger partial charge in [-0.15, -0.1) is 0 Å². The van der Waals surface area contributed by atoms with E-state index in [2.05, 4.69) is 16.0 Å². The highest BCUT2D eigenvalue weighted by Gasteiger charge is 2.31. The third-order valence-corrected chi connectivity index (χ3v) is 4.81. The molecule has 34 heavy (non-hydrogen) atoms. The van der Waals surface area contributed by atoms with Crippen LogP contribution in [-0.4, -0.2) is 70.6 Å². The van der Waals surface area contributed by atoms with Crippen molar-refractivity contribution in [2.75, 3.05) is 6.61 Å². The molecule has 9 N–H and O–H groups in total. The second kappa shape index (κ2) is 13.9. The van der Waals surface area contributed by atoms with E-state index in [1.54, 1.807) is 44.2 Å². The Hall–Kier alpha value is -3.51. The fourth-order valence-corrected chi connectivity index (χ4v) is 3.07. The lowest BCUT2D eigenvalue weighted by Gasteiger charge is -2.25. The largest absolute Gasteiger partial charge is 0.480 e. The Balaban J connectivity index is 3.00.